The maximum atomic E-state index is 12.6. The molecule has 0 radical (unpaired) electrons. The van der Waals surface area contributed by atoms with Gasteiger partial charge in [0.15, 0.2) is 0 Å². The van der Waals surface area contributed by atoms with E-state index in [9.17, 15) is 13.2 Å². The fourth-order valence-corrected chi connectivity index (χ4v) is 4.34. The second-order valence-corrected chi connectivity index (χ2v) is 8.09. The maximum absolute atomic E-state index is 12.6. The highest BCUT2D eigenvalue weighted by Gasteiger charge is 2.27. The van der Waals surface area contributed by atoms with Crippen LogP contribution in [-0.4, -0.2) is 59.9 Å². The number of benzene rings is 1. The van der Waals surface area contributed by atoms with Crippen LogP contribution in [0.4, 0.5) is 0 Å². The Hall–Kier alpha value is -2.69. The smallest absolute Gasteiger partial charge is 0.268 e. The van der Waals surface area contributed by atoms with Crippen molar-refractivity contribution in [3.8, 4) is 0 Å². The van der Waals surface area contributed by atoms with E-state index < -0.39 is 15.9 Å². The Morgan fingerprint density at radius 1 is 1.26 bits per heavy atom. The molecular formula is C17H19N5O4S. The molecule has 142 valence electrons. The van der Waals surface area contributed by atoms with Crippen molar-refractivity contribution in [3.05, 3.63) is 48.0 Å². The summed E-state index contributed by atoms with van der Waals surface area (Å²) in [4.78, 5) is 22.7. The van der Waals surface area contributed by atoms with Gasteiger partial charge in [0.25, 0.3) is 5.91 Å². The number of para-hydroxylation sites is 2. The summed E-state index contributed by atoms with van der Waals surface area (Å²) in [5.74, 6) is 0.219. The number of sulfonamides is 1. The van der Waals surface area contributed by atoms with Crippen molar-refractivity contribution in [2.75, 3.05) is 26.3 Å². The normalized spacial score (nSPS) is 15.9. The number of carbonyl (C=O) groups excluding carboxylic acids is 1. The topological polar surface area (TPSA) is 120 Å². The van der Waals surface area contributed by atoms with Crippen molar-refractivity contribution in [2.24, 2.45) is 0 Å². The number of morpholine rings is 1. The highest BCUT2D eigenvalue weighted by atomic mass is 32.2. The van der Waals surface area contributed by atoms with Gasteiger partial charge in [-0.1, -0.05) is 12.1 Å². The van der Waals surface area contributed by atoms with Crippen molar-refractivity contribution in [3.63, 3.8) is 0 Å². The van der Waals surface area contributed by atoms with E-state index in [2.05, 4.69) is 20.3 Å². The van der Waals surface area contributed by atoms with Crippen LogP contribution in [0.25, 0.3) is 11.0 Å². The predicted molar refractivity (Wildman–Crippen MR) is 97.6 cm³/mol. The molecule has 0 spiro atoms. The summed E-state index contributed by atoms with van der Waals surface area (Å²) in [7, 11) is -3.64. The van der Waals surface area contributed by atoms with Crippen molar-refractivity contribution in [1.82, 2.24) is 24.6 Å². The van der Waals surface area contributed by atoms with Crippen LogP contribution in [0, 0.1) is 0 Å². The summed E-state index contributed by atoms with van der Waals surface area (Å²) in [6, 6.07) is 8.92. The molecule has 0 unspecified atom stereocenters. The van der Waals surface area contributed by atoms with Gasteiger partial charge in [-0.05, 0) is 18.2 Å². The Balaban J connectivity index is 1.43. The number of amides is 1. The molecule has 9 nitrogen and oxygen atoms in total. The SMILES string of the molecule is O=C(NCc1nc2ccccc2[nH]1)c1cc(S(=O)(=O)N2CCOCC2)c[nH]1. The summed E-state index contributed by atoms with van der Waals surface area (Å²) in [5.41, 5.74) is 1.89. The highest BCUT2D eigenvalue weighted by molar-refractivity contribution is 7.89. The van der Waals surface area contributed by atoms with Crippen molar-refractivity contribution in [2.45, 2.75) is 11.4 Å². The fourth-order valence-electron chi connectivity index (χ4n) is 2.94. The van der Waals surface area contributed by atoms with Crippen LogP contribution in [-0.2, 0) is 21.3 Å². The first-order valence-electron chi connectivity index (χ1n) is 8.52. The van der Waals surface area contributed by atoms with Gasteiger partial charge in [-0.3, -0.25) is 4.79 Å². The maximum Gasteiger partial charge on any atom is 0.268 e. The molecule has 0 saturated carbocycles. The van der Waals surface area contributed by atoms with Crippen LogP contribution in [0.2, 0.25) is 0 Å². The molecule has 0 aliphatic carbocycles. The number of ether oxygens (including phenoxy) is 1. The number of hydrogen-bond acceptors (Lipinski definition) is 5. The monoisotopic (exact) mass is 389 g/mol. The third kappa shape index (κ3) is 3.59. The van der Waals surface area contributed by atoms with E-state index in [4.69, 9.17) is 4.74 Å². The van der Waals surface area contributed by atoms with Gasteiger partial charge in [0.05, 0.1) is 30.8 Å². The van der Waals surface area contributed by atoms with Crippen molar-refractivity contribution < 1.29 is 17.9 Å². The van der Waals surface area contributed by atoms with Gasteiger partial charge in [-0.15, -0.1) is 0 Å². The highest BCUT2D eigenvalue weighted by Crippen LogP contribution is 2.18. The van der Waals surface area contributed by atoms with Gasteiger partial charge in [-0.2, -0.15) is 4.31 Å². The summed E-state index contributed by atoms with van der Waals surface area (Å²) in [6.07, 6.45) is 1.33. The summed E-state index contributed by atoms with van der Waals surface area (Å²) < 4.78 is 31.8. The number of imidazole rings is 1. The average molecular weight is 389 g/mol. The average Bonchev–Trinajstić information content (AvgIpc) is 3.34. The number of aromatic amines is 2. The molecule has 4 rings (SSSR count). The number of H-pyrrole nitrogens is 2. The zero-order valence-corrected chi connectivity index (χ0v) is 15.3. The first-order valence-corrected chi connectivity index (χ1v) is 9.96. The van der Waals surface area contributed by atoms with Gasteiger partial charge in [0.1, 0.15) is 16.4 Å². The molecule has 1 saturated heterocycles. The molecule has 1 aromatic carbocycles. The van der Waals surface area contributed by atoms with Gasteiger partial charge in [-0.25, -0.2) is 13.4 Å². The molecule has 1 fully saturated rings. The first kappa shape index (κ1) is 17.7. The number of rotatable bonds is 5. The molecule has 3 aromatic rings. The van der Waals surface area contributed by atoms with E-state index in [1.165, 1.54) is 16.6 Å². The second-order valence-electron chi connectivity index (χ2n) is 6.15. The quantitative estimate of drug-likeness (QED) is 0.597. The summed E-state index contributed by atoms with van der Waals surface area (Å²) in [5, 5.41) is 2.73. The number of carbonyl (C=O) groups is 1. The van der Waals surface area contributed by atoms with E-state index in [-0.39, 0.29) is 17.1 Å². The lowest BCUT2D eigenvalue weighted by molar-refractivity contribution is 0.0730. The van der Waals surface area contributed by atoms with Crippen LogP contribution in [0.5, 0.6) is 0 Å². The third-order valence-corrected chi connectivity index (χ3v) is 6.24. The third-order valence-electron chi connectivity index (χ3n) is 4.36. The van der Waals surface area contributed by atoms with E-state index in [0.717, 1.165) is 11.0 Å². The zero-order chi connectivity index (χ0) is 18.9. The summed E-state index contributed by atoms with van der Waals surface area (Å²) >= 11 is 0. The predicted octanol–water partition coefficient (Wildman–Crippen LogP) is 0.842. The van der Waals surface area contributed by atoms with E-state index in [0.29, 0.717) is 32.1 Å². The van der Waals surface area contributed by atoms with Gasteiger partial charge in [0, 0.05) is 19.3 Å². The van der Waals surface area contributed by atoms with Crippen LogP contribution in [0.3, 0.4) is 0 Å². The van der Waals surface area contributed by atoms with Crippen LogP contribution in [0.1, 0.15) is 16.3 Å². The molecule has 27 heavy (non-hydrogen) atoms. The van der Waals surface area contributed by atoms with E-state index >= 15 is 0 Å². The molecular weight excluding hydrogens is 370 g/mol. The molecule has 0 bridgehead atoms. The van der Waals surface area contributed by atoms with Crippen LogP contribution in [0.15, 0.2) is 41.4 Å². The Morgan fingerprint density at radius 3 is 2.81 bits per heavy atom. The van der Waals surface area contributed by atoms with Crippen LogP contribution >= 0.6 is 0 Å². The largest absolute Gasteiger partial charge is 0.379 e. The standard InChI is InChI=1S/C17H19N5O4S/c23-17(19-11-16-20-13-3-1-2-4-14(13)21-16)15-9-12(10-18-15)27(24,25)22-5-7-26-8-6-22/h1-4,9-10,18H,5-8,11H2,(H,19,23)(H,20,21). The minimum Gasteiger partial charge on any atom is -0.379 e. The number of nitrogens with zero attached hydrogens (tertiary/aromatic N) is 2. The number of aromatic nitrogens is 3. The fraction of sp³-hybridized carbons (Fsp3) is 0.294. The molecule has 1 amide bonds. The Labute approximate surface area is 155 Å². The summed E-state index contributed by atoms with van der Waals surface area (Å²) in [6.45, 7) is 1.56. The molecule has 0 atom stereocenters. The lowest BCUT2D eigenvalue weighted by Crippen LogP contribution is -2.40. The Kier molecular flexibility index (Phi) is 4.68. The Morgan fingerprint density at radius 2 is 2.04 bits per heavy atom. The number of nitrogens with one attached hydrogen (secondary N) is 3. The van der Waals surface area contributed by atoms with Gasteiger partial charge >= 0.3 is 0 Å². The van der Waals surface area contributed by atoms with Crippen molar-refractivity contribution >= 4 is 27.0 Å². The lowest BCUT2D eigenvalue weighted by atomic mass is 10.3. The minimum atomic E-state index is -3.64. The molecule has 1 aliphatic rings. The molecule has 1 aliphatic heterocycles. The molecule has 3 N–H and O–H groups in total. The zero-order valence-electron chi connectivity index (χ0n) is 14.4. The van der Waals surface area contributed by atoms with Crippen molar-refractivity contribution in [1.29, 1.82) is 0 Å². The molecule has 3 heterocycles. The van der Waals surface area contributed by atoms with Gasteiger partial charge in [0.2, 0.25) is 10.0 Å². The lowest BCUT2D eigenvalue weighted by Gasteiger charge is -2.25. The first-order chi connectivity index (χ1) is 13.0. The molecule has 2 aromatic heterocycles. The number of hydrogen-bond donors (Lipinski definition) is 3. The van der Waals surface area contributed by atoms with E-state index in [1.807, 2.05) is 24.3 Å². The van der Waals surface area contributed by atoms with Crippen LogP contribution < -0.4 is 5.32 Å². The molecule has 10 heteroatoms. The second kappa shape index (κ2) is 7.14. The number of fused-ring (bicyclic) bond motifs is 1. The van der Waals surface area contributed by atoms with E-state index in [1.54, 1.807) is 0 Å². The van der Waals surface area contributed by atoms with Gasteiger partial charge < -0.3 is 20.0 Å². The minimum absolute atomic E-state index is 0.0679. The Bertz CT molecular complexity index is 1030.